The van der Waals surface area contributed by atoms with Crippen LogP contribution in [0.5, 0.6) is 0 Å². The summed E-state index contributed by atoms with van der Waals surface area (Å²) >= 11 is 11.9. The highest BCUT2D eigenvalue weighted by Gasteiger charge is 2.39. The second-order valence-electron chi connectivity index (χ2n) is 8.17. The molecule has 3 aromatic carbocycles. The molecule has 9 heteroatoms. The van der Waals surface area contributed by atoms with E-state index in [1.54, 1.807) is 24.3 Å². The van der Waals surface area contributed by atoms with Crippen LogP contribution in [-0.2, 0) is 9.59 Å². The average molecular weight is 512 g/mol. The maximum absolute atomic E-state index is 13.3. The highest BCUT2D eigenvalue weighted by molar-refractivity contribution is 6.53. The average Bonchev–Trinajstić information content (AvgIpc) is 3.05. The fourth-order valence-electron chi connectivity index (χ4n) is 3.48. The van der Waals surface area contributed by atoms with E-state index in [4.69, 9.17) is 23.2 Å². The number of imide groups is 1. The van der Waals surface area contributed by atoms with Crippen molar-refractivity contribution in [1.29, 1.82) is 0 Å². The van der Waals surface area contributed by atoms with Gasteiger partial charge in [0.15, 0.2) is 0 Å². The van der Waals surface area contributed by atoms with Crippen molar-refractivity contribution in [1.82, 2.24) is 0 Å². The number of nitrogens with zero attached hydrogens (tertiary/aromatic N) is 1. The molecule has 0 saturated carbocycles. The lowest BCUT2D eigenvalue weighted by atomic mass is 10.0. The van der Waals surface area contributed by atoms with Crippen molar-refractivity contribution in [2.45, 2.75) is 19.8 Å². The summed E-state index contributed by atoms with van der Waals surface area (Å²) in [6, 6.07) is 17.2. The largest absolute Gasteiger partial charge is 0.350 e. The van der Waals surface area contributed by atoms with E-state index in [0.717, 1.165) is 16.5 Å². The Balaban J connectivity index is 1.46. The minimum atomic E-state index is -0.620. The van der Waals surface area contributed by atoms with Gasteiger partial charge in [0.1, 0.15) is 16.5 Å². The highest BCUT2D eigenvalue weighted by Crippen LogP contribution is 2.31. The molecule has 0 aliphatic carbocycles. The first-order valence-electron chi connectivity index (χ1n) is 10.7. The number of benzene rings is 3. The number of rotatable bonds is 6. The van der Waals surface area contributed by atoms with Gasteiger partial charge in [-0.3, -0.25) is 14.4 Å². The summed E-state index contributed by atoms with van der Waals surface area (Å²) in [5.74, 6) is -1.90. The van der Waals surface area contributed by atoms with Crippen molar-refractivity contribution in [3.8, 4) is 0 Å². The Morgan fingerprint density at radius 2 is 1.51 bits per heavy atom. The quantitative estimate of drug-likeness (QED) is 0.381. The second kappa shape index (κ2) is 9.90. The van der Waals surface area contributed by atoms with Crippen LogP contribution < -0.4 is 15.5 Å². The fraction of sp³-hybridized carbons (Fsp3) is 0.115. The molecule has 0 fully saturated rings. The molecule has 1 aliphatic heterocycles. The zero-order chi connectivity index (χ0) is 25.3. The van der Waals surface area contributed by atoms with Crippen molar-refractivity contribution in [3.63, 3.8) is 0 Å². The molecular formula is C26H20Cl2FN3O3. The standard InChI is InChI=1S/C26H20Cl2FN3O3/c1-14(2)15-5-10-19(11-6-15)32-25(34)22(28)23(26(32)35)30-17-7-3-16(4-8-17)24(33)31-18-9-12-21(29)20(27)13-18/h3-14,30H,1-2H3,(H,31,33). The first-order valence-corrected chi connectivity index (χ1v) is 11.4. The Kier molecular flexibility index (Phi) is 6.91. The summed E-state index contributed by atoms with van der Waals surface area (Å²) in [5, 5.41) is 5.17. The van der Waals surface area contributed by atoms with E-state index in [1.807, 2.05) is 12.1 Å². The van der Waals surface area contributed by atoms with Crippen LogP contribution in [0, 0.1) is 5.82 Å². The smallest absolute Gasteiger partial charge is 0.283 e. The zero-order valence-electron chi connectivity index (χ0n) is 18.7. The first kappa shape index (κ1) is 24.4. The number of hydrogen-bond donors (Lipinski definition) is 2. The summed E-state index contributed by atoms with van der Waals surface area (Å²) in [6.45, 7) is 4.10. The maximum Gasteiger partial charge on any atom is 0.283 e. The molecule has 35 heavy (non-hydrogen) atoms. The normalized spacial score (nSPS) is 13.6. The Hall–Kier alpha value is -3.68. The van der Waals surface area contributed by atoms with Gasteiger partial charge in [0.25, 0.3) is 17.7 Å². The topological polar surface area (TPSA) is 78.5 Å². The molecule has 0 spiro atoms. The lowest BCUT2D eigenvalue weighted by Gasteiger charge is -2.16. The summed E-state index contributed by atoms with van der Waals surface area (Å²) in [4.78, 5) is 39.2. The van der Waals surface area contributed by atoms with Gasteiger partial charge in [0.05, 0.1) is 10.7 Å². The maximum atomic E-state index is 13.3. The van der Waals surface area contributed by atoms with Crippen molar-refractivity contribution in [2.75, 3.05) is 15.5 Å². The summed E-state index contributed by atoms with van der Waals surface area (Å²) in [7, 11) is 0. The lowest BCUT2D eigenvalue weighted by molar-refractivity contribution is -0.120. The molecule has 178 valence electrons. The molecule has 1 heterocycles. The van der Waals surface area contributed by atoms with Crippen LogP contribution in [0.2, 0.25) is 5.02 Å². The number of halogens is 3. The Labute approximate surface area is 211 Å². The molecule has 4 rings (SSSR count). The van der Waals surface area contributed by atoms with Crippen molar-refractivity contribution in [3.05, 3.63) is 99.4 Å². The second-order valence-corrected chi connectivity index (χ2v) is 8.95. The summed E-state index contributed by atoms with van der Waals surface area (Å²) < 4.78 is 13.3. The van der Waals surface area contributed by atoms with E-state index in [2.05, 4.69) is 24.5 Å². The molecule has 0 bridgehead atoms. The minimum absolute atomic E-state index is 0.0530. The van der Waals surface area contributed by atoms with Gasteiger partial charge in [-0.2, -0.15) is 0 Å². The molecule has 0 unspecified atom stereocenters. The van der Waals surface area contributed by atoms with Crippen LogP contribution in [0.1, 0.15) is 35.7 Å². The van der Waals surface area contributed by atoms with E-state index in [1.165, 1.54) is 24.3 Å². The third kappa shape index (κ3) is 5.06. The van der Waals surface area contributed by atoms with E-state index in [-0.39, 0.29) is 15.8 Å². The van der Waals surface area contributed by atoms with Gasteiger partial charge in [-0.25, -0.2) is 9.29 Å². The molecule has 3 amide bonds. The molecule has 0 saturated heterocycles. The third-order valence-electron chi connectivity index (χ3n) is 5.44. The van der Waals surface area contributed by atoms with E-state index in [9.17, 15) is 18.8 Å². The summed E-state index contributed by atoms with van der Waals surface area (Å²) in [6.07, 6.45) is 0. The van der Waals surface area contributed by atoms with Crippen molar-refractivity contribution in [2.24, 2.45) is 0 Å². The van der Waals surface area contributed by atoms with Crippen LogP contribution in [0.25, 0.3) is 0 Å². The number of carbonyl (C=O) groups excluding carboxylic acids is 3. The zero-order valence-corrected chi connectivity index (χ0v) is 20.2. The van der Waals surface area contributed by atoms with Crippen LogP contribution in [0.4, 0.5) is 21.5 Å². The van der Waals surface area contributed by atoms with Gasteiger partial charge in [-0.15, -0.1) is 0 Å². The number of carbonyl (C=O) groups is 3. The molecule has 0 atom stereocenters. The predicted molar refractivity (Wildman–Crippen MR) is 135 cm³/mol. The van der Waals surface area contributed by atoms with Crippen LogP contribution in [0.15, 0.2) is 77.5 Å². The molecular weight excluding hydrogens is 492 g/mol. The molecule has 6 nitrogen and oxygen atoms in total. The van der Waals surface area contributed by atoms with Crippen molar-refractivity contribution < 1.29 is 18.8 Å². The van der Waals surface area contributed by atoms with Crippen LogP contribution >= 0.6 is 23.2 Å². The van der Waals surface area contributed by atoms with E-state index < -0.39 is 23.5 Å². The Morgan fingerprint density at radius 3 is 2.11 bits per heavy atom. The predicted octanol–water partition coefficient (Wildman–Crippen LogP) is 6.29. The summed E-state index contributed by atoms with van der Waals surface area (Å²) in [5.41, 5.74) is 2.57. The number of amides is 3. The third-order valence-corrected chi connectivity index (χ3v) is 6.08. The van der Waals surface area contributed by atoms with Crippen LogP contribution in [0.3, 0.4) is 0 Å². The van der Waals surface area contributed by atoms with Gasteiger partial charge in [-0.1, -0.05) is 49.2 Å². The Bertz CT molecular complexity index is 1350. The van der Waals surface area contributed by atoms with Gasteiger partial charge in [-0.05, 0) is 66.1 Å². The molecule has 2 N–H and O–H groups in total. The van der Waals surface area contributed by atoms with Crippen molar-refractivity contribution >= 4 is 58.0 Å². The van der Waals surface area contributed by atoms with Gasteiger partial charge in [0, 0.05) is 16.9 Å². The molecule has 3 aromatic rings. The first-order chi connectivity index (χ1) is 16.7. The highest BCUT2D eigenvalue weighted by atomic mass is 35.5. The number of nitrogens with one attached hydrogen (secondary N) is 2. The lowest BCUT2D eigenvalue weighted by Crippen LogP contribution is -2.32. The number of hydrogen-bond acceptors (Lipinski definition) is 4. The van der Waals surface area contributed by atoms with E-state index >= 15 is 0 Å². The monoisotopic (exact) mass is 511 g/mol. The Morgan fingerprint density at radius 1 is 0.886 bits per heavy atom. The molecule has 1 aliphatic rings. The molecule has 0 aromatic heterocycles. The number of anilines is 3. The fourth-order valence-corrected chi connectivity index (χ4v) is 3.87. The SMILES string of the molecule is CC(C)c1ccc(N2C(=O)C(Cl)=C(Nc3ccc(C(=O)Nc4ccc(F)c(Cl)c4)cc3)C2=O)cc1. The minimum Gasteiger partial charge on any atom is -0.350 e. The van der Waals surface area contributed by atoms with Gasteiger partial charge >= 0.3 is 0 Å². The van der Waals surface area contributed by atoms with E-state index in [0.29, 0.717) is 28.5 Å². The van der Waals surface area contributed by atoms with Crippen LogP contribution in [-0.4, -0.2) is 17.7 Å². The van der Waals surface area contributed by atoms with Gasteiger partial charge in [0.2, 0.25) is 0 Å². The molecule has 0 radical (unpaired) electrons. The van der Waals surface area contributed by atoms with Gasteiger partial charge < -0.3 is 10.6 Å².